The summed E-state index contributed by atoms with van der Waals surface area (Å²) < 4.78 is 0. The summed E-state index contributed by atoms with van der Waals surface area (Å²) in [6.45, 7) is 4.32. The Kier molecular flexibility index (Phi) is 4.65. The molecule has 1 saturated heterocycles. The fraction of sp³-hybridized carbons (Fsp3) is 0.421. The van der Waals surface area contributed by atoms with Crippen molar-refractivity contribution in [1.29, 1.82) is 0 Å². The van der Waals surface area contributed by atoms with E-state index in [-0.39, 0.29) is 17.9 Å². The van der Waals surface area contributed by atoms with Crippen molar-refractivity contribution in [3.05, 3.63) is 57.8 Å². The number of thiophene rings is 1. The van der Waals surface area contributed by atoms with Gasteiger partial charge >= 0.3 is 0 Å². The number of benzene rings is 1. The minimum atomic E-state index is 0.145. The molecule has 4 nitrogen and oxygen atoms in total. The topological polar surface area (TPSA) is 44.4 Å². The maximum absolute atomic E-state index is 12.2. The van der Waals surface area contributed by atoms with Crippen molar-refractivity contribution in [3.63, 3.8) is 0 Å². The van der Waals surface area contributed by atoms with Gasteiger partial charge in [0.1, 0.15) is 0 Å². The van der Waals surface area contributed by atoms with Crippen molar-refractivity contribution >= 4 is 17.2 Å². The highest BCUT2D eigenvalue weighted by Crippen LogP contribution is 2.30. The lowest BCUT2D eigenvalue weighted by Gasteiger charge is -2.35. The van der Waals surface area contributed by atoms with Crippen molar-refractivity contribution in [3.8, 4) is 0 Å². The highest BCUT2D eigenvalue weighted by atomic mass is 32.1. The molecule has 0 aliphatic carbocycles. The molecule has 2 N–H and O–H groups in total. The Morgan fingerprint density at radius 2 is 2.12 bits per heavy atom. The molecule has 126 valence electrons. The molecule has 1 amide bonds. The Morgan fingerprint density at radius 1 is 1.29 bits per heavy atom. The predicted molar refractivity (Wildman–Crippen MR) is 97.0 cm³/mol. The van der Waals surface area contributed by atoms with Crippen molar-refractivity contribution in [2.24, 2.45) is 5.92 Å². The van der Waals surface area contributed by atoms with Crippen LogP contribution in [-0.2, 0) is 17.8 Å². The van der Waals surface area contributed by atoms with Crippen molar-refractivity contribution in [2.75, 3.05) is 26.2 Å². The van der Waals surface area contributed by atoms with E-state index in [4.69, 9.17) is 0 Å². The SMILES string of the molecule is O=C(NCC(c1ccccc1)N1CCc2sccc2C1)C1CNC1. The number of nitrogens with one attached hydrogen (secondary N) is 2. The largest absolute Gasteiger partial charge is 0.354 e. The van der Waals surface area contributed by atoms with Gasteiger partial charge in [0.25, 0.3) is 0 Å². The first-order chi connectivity index (χ1) is 11.8. The summed E-state index contributed by atoms with van der Waals surface area (Å²) in [7, 11) is 0. The molecule has 24 heavy (non-hydrogen) atoms. The molecule has 1 aromatic carbocycles. The zero-order valence-corrected chi connectivity index (χ0v) is 14.5. The minimum Gasteiger partial charge on any atom is -0.354 e. The summed E-state index contributed by atoms with van der Waals surface area (Å²) in [5.74, 6) is 0.328. The highest BCUT2D eigenvalue weighted by molar-refractivity contribution is 7.10. The van der Waals surface area contributed by atoms with E-state index in [1.807, 2.05) is 17.4 Å². The Hall–Kier alpha value is -1.69. The van der Waals surface area contributed by atoms with E-state index in [1.165, 1.54) is 16.0 Å². The lowest BCUT2D eigenvalue weighted by atomic mass is 9.99. The Balaban J connectivity index is 1.49. The molecule has 5 heteroatoms. The Morgan fingerprint density at radius 3 is 2.88 bits per heavy atom. The number of hydrogen-bond acceptors (Lipinski definition) is 4. The average Bonchev–Trinajstić information content (AvgIpc) is 3.02. The summed E-state index contributed by atoms with van der Waals surface area (Å²) in [6.07, 6.45) is 1.11. The second-order valence-corrected chi connectivity index (χ2v) is 7.62. The van der Waals surface area contributed by atoms with Gasteiger partial charge in [0.2, 0.25) is 5.91 Å². The van der Waals surface area contributed by atoms with Crippen molar-refractivity contribution in [2.45, 2.75) is 19.0 Å². The smallest absolute Gasteiger partial charge is 0.225 e. The second kappa shape index (κ2) is 7.05. The summed E-state index contributed by atoms with van der Waals surface area (Å²) in [6, 6.07) is 13.0. The molecule has 2 aliphatic heterocycles. The van der Waals surface area contributed by atoms with Crippen molar-refractivity contribution in [1.82, 2.24) is 15.5 Å². The van der Waals surface area contributed by atoms with Gasteiger partial charge in [-0.15, -0.1) is 11.3 Å². The molecule has 2 aromatic rings. The van der Waals surface area contributed by atoms with Gasteiger partial charge in [-0.2, -0.15) is 0 Å². The van der Waals surface area contributed by atoms with Gasteiger partial charge in [0.05, 0.1) is 12.0 Å². The molecule has 0 radical (unpaired) electrons. The van der Waals surface area contributed by atoms with Crippen LogP contribution in [0.25, 0.3) is 0 Å². The van der Waals surface area contributed by atoms with E-state index in [1.54, 1.807) is 0 Å². The quantitative estimate of drug-likeness (QED) is 0.876. The van der Waals surface area contributed by atoms with Crippen LogP contribution in [0.15, 0.2) is 41.8 Å². The number of amides is 1. The van der Waals surface area contributed by atoms with Crippen LogP contribution in [0.1, 0.15) is 22.0 Å². The lowest BCUT2D eigenvalue weighted by molar-refractivity contribution is -0.126. The van der Waals surface area contributed by atoms with E-state index in [2.05, 4.69) is 51.2 Å². The summed E-state index contributed by atoms with van der Waals surface area (Å²) in [5, 5.41) is 8.53. The second-order valence-electron chi connectivity index (χ2n) is 6.62. The molecule has 0 spiro atoms. The van der Waals surface area contributed by atoms with Gasteiger partial charge in [-0.05, 0) is 29.0 Å². The molecule has 1 aromatic heterocycles. The molecule has 1 atom stereocenters. The summed E-state index contributed by atoms with van der Waals surface area (Å²) in [4.78, 5) is 16.3. The molecule has 2 aliphatic rings. The number of hydrogen-bond donors (Lipinski definition) is 2. The normalized spacial score (nSPS) is 19.3. The Labute approximate surface area is 146 Å². The van der Waals surface area contributed by atoms with E-state index in [0.717, 1.165) is 32.6 Å². The number of rotatable bonds is 5. The number of nitrogens with zero attached hydrogens (tertiary/aromatic N) is 1. The van der Waals surface area contributed by atoms with Crippen LogP contribution in [0.3, 0.4) is 0 Å². The molecule has 1 fully saturated rings. The van der Waals surface area contributed by atoms with Gasteiger partial charge in [0.15, 0.2) is 0 Å². The summed E-state index contributed by atoms with van der Waals surface area (Å²) in [5.41, 5.74) is 2.73. The molecule has 1 unspecified atom stereocenters. The lowest BCUT2D eigenvalue weighted by Crippen LogP contribution is -2.52. The van der Waals surface area contributed by atoms with Gasteiger partial charge < -0.3 is 10.6 Å². The van der Waals surface area contributed by atoms with Crippen LogP contribution < -0.4 is 10.6 Å². The van der Waals surface area contributed by atoms with Gasteiger partial charge in [-0.3, -0.25) is 9.69 Å². The average molecular weight is 341 g/mol. The third-order valence-electron chi connectivity index (χ3n) is 5.08. The monoisotopic (exact) mass is 341 g/mol. The zero-order chi connectivity index (χ0) is 16.4. The fourth-order valence-corrected chi connectivity index (χ4v) is 4.37. The first kappa shape index (κ1) is 15.8. The molecular weight excluding hydrogens is 318 g/mol. The third kappa shape index (κ3) is 3.24. The van der Waals surface area contributed by atoms with Crippen LogP contribution in [-0.4, -0.2) is 37.0 Å². The molecular formula is C19H23N3OS. The van der Waals surface area contributed by atoms with Gasteiger partial charge in [0, 0.05) is 37.6 Å². The van der Waals surface area contributed by atoms with Crippen LogP contribution in [0.2, 0.25) is 0 Å². The first-order valence-electron chi connectivity index (χ1n) is 8.64. The fourth-order valence-electron chi connectivity index (χ4n) is 3.48. The van der Waals surface area contributed by atoms with Crippen LogP contribution >= 0.6 is 11.3 Å². The van der Waals surface area contributed by atoms with Gasteiger partial charge in [-0.25, -0.2) is 0 Å². The van der Waals surface area contributed by atoms with Crippen LogP contribution in [0.4, 0.5) is 0 Å². The molecule has 4 rings (SSSR count). The number of carbonyl (C=O) groups excluding carboxylic acids is 1. The number of carbonyl (C=O) groups is 1. The maximum atomic E-state index is 12.2. The van der Waals surface area contributed by atoms with E-state index < -0.39 is 0 Å². The zero-order valence-electron chi connectivity index (χ0n) is 13.7. The van der Waals surface area contributed by atoms with Crippen molar-refractivity contribution < 1.29 is 4.79 Å². The van der Waals surface area contributed by atoms with Gasteiger partial charge in [-0.1, -0.05) is 30.3 Å². The van der Waals surface area contributed by atoms with Crippen LogP contribution in [0, 0.1) is 5.92 Å². The highest BCUT2D eigenvalue weighted by Gasteiger charge is 2.28. The standard InChI is InChI=1S/C19H23N3OS/c23-19(16-10-20-11-16)21-12-17(14-4-2-1-3-5-14)22-8-6-18-15(13-22)7-9-24-18/h1-5,7,9,16-17,20H,6,8,10-13H2,(H,21,23). The Bertz CT molecular complexity index is 696. The molecule has 3 heterocycles. The van der Waals surface area contributed by atoms with E-state index >= 15 is 0 Å². The minimum absolute atomic E-state index is 0.145. The maximum Gasteiger partial charge on any atom is 0.225 e. The van der Waals surface area contributed by atoms with Crippen LogP contribution in [0.5, 0.6) is 0 Å². The van der Waals surface area contributed by atoms with E-state index in [0.29, 0.717) is 6.54 Å². The predicted octanol–water partition coefficient (Wildman–Crippen LogP) is 2.18. The third-order valence-corrected chi connectivity index (χ3v) is 6.11. The van der Waals surface area contributed by atoms with E-state index in [9.17, 15) is 4.79 Å². The molecule has 0 bridgehead atoms. The molecule has 0 saturated carbocycles. The first-order valence-corrected chi connectivity index (χ1v) is 9.52. The summed E-state index contributed by atoms with van der Waals surface area (Å²) >= 11 is 1.86. The number of fused-ring (bicyclic) bond motifs is 1.